The Labute approximate surface area is 218 Å². The minimum absolute atomic E-state index is 0.242. The van der Waals surface area contributed by atoms with Crippen LogP contribution in [-0.4, -0.2) is 18.5 Å². The van der Waals surface area contributed by atoms with Crippen LogP contribution in [0.25, 0.3) is 0 Å². The number of hydrogen-bond donors (Lipinski definition) is 1. The summed E-state index contributed by atoms with van der Waals surface area (Å²) < 4.78 is 63.6. The van der Waals surface area contributed by atoms with E-state index in [0.717, 1.165) is 23.6 Å². The van der Waals surface area contributed by atoms with Gasteiger partial charge in [-0.3, -0.25) is 9.59 Å². The molecule has 0 fully saturated rings. The summed E-state index contributed by atoms with van der Waals surface area (Å²) in [7, 11) is 0. The van der Waals surface area contributed by atoms with Gasteiger partial charge in [0.15, 0.2) is 0 Å². The molecule has 202 valence electrons. The van der Waals surface area contributed by atoms with Crippen molar-refractivity contribution in [3.8, 4) is 11.5 Å². The zero-order valence-electron chi connectivity index (χ0n) is 21.3. The standard InChI is InChI=1S/C29H29F4NO4/c1-4-19-15-24(12-9-20(19)10-14-27(35)37-5-2)38-23-8-6-7-21(16-23)18(3)34-28(36)25-13-11-22(17-26(25)30)29(31,32)33/h6-9,11-13,15-18H,4-5,10,14H2,1-3H3,(H,34,36). The maximum atomic E-state index is 14.2. The number of carbonyl (C=O) groups is 2. The second-order valence-electron chi connectivity index (χ2n) is 8.65. The average molecular weight is 532 g/mol. The third kappa shape index (κ3) is 7.57. The van der Waals surface area contributed by atoms with E-state index in [0.29, 0.717) is 48.6 Å². The van der Waals surface area contributed by atoms with E-state index in [1.54, 1.807) is 38.1 Å². The van der Waals surface area contributed by atoms with Crippen LogP contribution in [-0.2, 0) is 28.5 Å². The van der Waals surface area contributed by atoms with Crippen LogP contribution in [0.1, 0.15) is 65.8 Å². The predicted octanol–water partition coefficient (Wildman–Crippen LogP) is 7.19. The van der Waals surface area contributed by atoms with E-state index >= 15 is 0 Å². The van der Waals surface area contributed by atoms with Crippen LogP contribution in [0.15, 0.2) is 60.7 Å². The molecule has 1 atom stereocenters. The lowest BCUT2D eigenvalue weighted by Crippen LogP contribution is -2.27. The SMILES string of the molecule is CCOC(=O)CCc1ccc(Oc2cccc(C(C)NC(=O)c3ccc(C(F)(F)F)cc3F)c2)cc1CC. The lowest BCUT2D eigenvalue weighted by Gasteiger charge is -2.17. The normalized spacial score (nSPS) is 12.1. The molecule has 0 spiro atoms. The Balaban J connectivity index is 1.68. The lowest BCUT2D eigenvalue weighted by molar-refractivity contribution is -0.143. The Kier molecular flexibility index (Phi) is 9.50. The molecule has 0 bridgehead atoms. The van der Waals surface area contributed by atoms with Crippen molar-refractivity contribution in [1.29, 1.82) is 0 Å². The van der Waals surface area contributed by atoms with Gasteiger partial charge >= 0.3 is 12.1 Å². The van der Waals surface area contributed by atoms with Gasteiger partial charge in [-0.05, 0) is 85.8 Å². The van der Waals surface area contributed by atoms with Gasteiger partial charge in [0.1, 0.15) is 17.3 Å². The number of halogens is 4. The first-order valence-corrected chi connectivity index (χ1v) is 12.2. The summed E-state index contributed by atoms with van der Waals surface area (Å²) in [6, 6.07) is 13.8. The molecule has 0 saturated heterocycles. The molecule has 38 heavy (non-hydrogen) atoms. The van der Waals surface area contributed by atoms with E-state index in [1.807, 2.05) is 25.1 Å². The third-order valence-electron chi connectivity index (χ3n) is 5.94. The number of benzene rings is 3. The molecule has 0 aliphatic carbocycles. The Hall–Kier alpha value is -3.88. The molecule has 9 heteroatoms. The topological polar surface area (TPSA) is 64.6 Å². The van der Waals surface area contributed by atoms with E-state index in [-0.39, 0.29) is 5.97 Å². The Bertz CT molecular complexity index is 1290. The molecule has 0 radical (unpaired) electrons. The van der Waals surface area contributed by atoms with Crippen molar-refractivity contribution in [2.45, 2.75) is 52.3 Å². The molecule has 3 aromatic rings. The van der Waals surface area contributed by atoms with E-state index < -0.39 is 35.1 Å². The van der Waals surface area contributed by atoms with Crippen LogP contribution in [0.3, 0.4) is 0 Å². The fraction of sp³-hybridized carbons (Fsp3) is 0.310. The summed E-state index contributed by atoms with van der Waals surface area (Å²) >= 11 is 0. The summed E-state index contributed by atoms with van der Waals surface area (Å²) in [5, 5.41) is 2.61. The van der Waals surface area contributed by atoms with Crippen LogP contribution in [0.4, 0.5) is 17.6 Å². The highest BCUT2D eigenvalue weighted by molar-refractivity contribution is 5.94. The molecule has 3 aromatic carbocycles. The smallest absolute Gasteiger partial charge is 0.416 e. The Morgan fingerprint density at radius 2 is 1.68 bits per heavy atom. The minimum atomic E-state index is -4.70. The lowest BCUT2D eigenvalue weighted by atomic mass is 10.0. The fourth-order valence-electron chi connectivity index (χ4n) is 3.93. The predicted molar refractivity (Wildman–Crippen MR) is 135 cm³/mol. The molecule has 1 amide bonds. The van der Waals surface area contributed by atoms with E-state index in [1.165, 1.54) is 0 Å². The van der Waals surface area contributed by atoms with E-state index in [9.17, 15) is 27.2 Å². The zero-order valence-corrected chi connectivity index (χ0v) is 21.3. The van der Waals surface area contributed by atoms with Crippen LogP contribution >= 0.6 is 0 Å². The number of rotatable bonds is 10. The molecular weight excluding hydrogens is 502 g/mol. The number of ether oxygens (including phenoxy) is 2. The van der Waals surface area contributed by atoms with Crippen LogP contribution in [0.5, 0.6) is 11.5 Å². The van der Waals surface area contributed by atoms with Gasteiger partial charge in [0, 0.05) is 6.42 Å². The summed E-state index contributed by atoms with van der Waals surface area (Å²) in [5.74, 6) is -1.22. The molecule has 0 aliphatic rings. The highest BCUT2D eigenvalue weighted by atomic mass is 19.4. The number of esters is 1. The molecule has 0 saturated carbocycles. The maximum absolute atomic E-state index is 14.2. The first-order valence-electron chi connectivity index (χ1n) is 12.2. The van der Waals surface area contributed by atoms with Crippen molar-refractivity contribution in [2.24, 2.45) is 0 Å². The number of nitrogens with one attached hydrogen (secondary N) is 1. The van der Waals surface area contributed by atoms with Crippen molar-refractivity contribution < 1.29 is 36.6 Å². The van der Waals surface area contributed by atoms with Gasteiger partial charge in [0.25, 0.3) is 5.91 Å². The van der Waals surface area contributed by atoms with Gasteiger partial charge in [-0.25, -0.2) is 4.39 Å². The number of alkyl halides is 3. The summed E-state index contributed by atoms with van der Waals surface area (Å²) in [6.07, 6.45) is -3.10. The first kappa shape index (κ1) is 28.7. The molecule has 0 aromatic heterocycles. The molecule has 3 rings (SSSR count). The number of aryl methyl sites for hydroxylation is 2. The monoisotopic (exact) mass is 531 g/mol. The van der Waals surface area contributed by atoms with Crippen molar-refractivity contribution in [3.63, 3.8) is 0 Å². The summed E-state index contributed by atoms with van der Waals surface area (Å²) in [4.78, 5) is 24.2. The van der Waals surface area contributed by atoms with Crippen molar-refractivity contribution in [1.82, 2.24) is 5.32 Å². The average Bonchev–Trinajstić information content (AvgIpc) is 2.87. The Morgan fingerprint density at radius 1 is 0.947 bits per heavy atom. The summed E-state index contributed by atoms with van der Waals surface area (Å²) in [6.45, 7) is 5.80. The van der Waals surface area contributed by atoms with Crippen LogP contribution in [0.2, 0.25) is 0 Å². The molecular formula is C29H29F4NO4. The van der Waals surface area contributed by atoms with Gasteiger partial charge in [0.2, 0.25) is 0 Å². The zero-order chi connectivity index (χ0) is 27.9. The van der Waals surface area contributed by atoms with Crippen LogP contribution in [0, 0.1) is 5.82 Å². The number of carbonyl (C=O) groups excluding carboxylic acids is 2. The number of amides is 1. The van der Waals surface area contributed by atoms with Gasteiger partial charge < -0.3 is 14.8 Å². The molecule has 5 nitrogen and oxygen atoms in total. The molecule has 0 aliphatic heterocycles. The highest BCUT2D eigenvalue weighted by Gasteiger charge is 2.31. The molecule has 1 N–H and O–H groups in total. The largest absolute Gasteiger partial charge is 0.466 e. The van der Waals surface area contributed by atoms with Crippen molar-refractivity contribution in [2.75, 3.05) is 6.61 Å². The molecule has 0 heterocycles. The minimum Gasteiger partial charge on any atom is -0.466 e. The van der Waals surface area contributed by atoms with Gasteiger partial charge in [0.05, 0.1) is 23.8 Å². The second kappa shape index (κ2) is 12.6. The Morgan fingerprint density at radius 3 is 2.34 bits per heavy atom. The van der Waals surface area contributed by atoms with Crippen molar-refractivity contribution in [3.05, 3.63) is 94.3 Å². The van der Waals surface area contributed by atoms with Crippen LogP contribution < -0.4 is 10.1 Å². The first-order chi connectivity index (χ1) is 18.0. The second-order valence-corrected chi connectivity index (χ2v) is 8.65. The van der Waals surface area contributed by atoms with Gasteiger partial charge in [-0.2, -0.15) is 13.2 Å². The number of hydrogen-bond acceptors (Lipinski definition) is 4. The van der Waals surface area contributed by atoms with E-state index in [2.05, 4.69) is 5.32 Å². The molecule has 1 unspecified atom stereocenters. The quantitative estimate of drug-likeness (QED) is 0.222. The fourth-order valence-corrected chi connectivity index (χ4v) is 3.93. The third-order valence-corrected chi connectivity index (χ3v) is 5.94. The highest BCUT2D eigenvalue weighted by Crippen LogP contribution is 2.31. The van der Waals surface area contributed by atoms with Gasteiger partial charge in [-0.1, -0.05) is 25.1 Å². The summed E-state index contributed by atoms with van der Waals surface area (Å²) in [5.41, 5.74) is 1.09. The maximum Gasteiger partial charge on any atom is 0.416 e. The van der Waals surface area contributed by atoms with E-state index in [4.69, 9.17) is 9.47 Å². The van der Waals surface area contributed by atoms with Gasteiger partial charge in [-0.15, -0.1) is 0 Å². The van der Waals surface area contributed by atoms with Crippen molar-refractivity contribution >= 4 is 11.9 Å².